The van der Waals surface area contributed by atoms with Crippen molar-refractivity contribution in [1.29, 1.82) is 0 Å². The first-order valence-corrected chi connectivity index (χ1v) is 7.11. The zero-order chi connectivity index (χ0) is 15.3. The molecule has 0 atom stereocenters. The van der Waals surface area contributed by atoms with Crippen LogP contribution in [-0.4, -0.2) is 42.7 Å². The van der Waals surface area contributed by atoms with Gasteiger partial charge in [-0.15, -0.1) is 0 Å². The maximum atomic E-state index is 12.8. The first kappa shape index (κ1) is 15.8. The molecule has 1 aromatic rings. The van der Waals surface area contributed by atoms with E-state index < -0.39 is 12.1 Å². The van der Waals surface area contributed by atoms with E-state index in [1.165, 1.54) is 0 Å². The minimum Gasteiger partial charge on any atom is -0.331 e. The molecule has 0 aliphatic carbocycles. The van der Waals surface area contributed by atoms with Crippen LogP contribution in [0.5, 0.6) is 0 Å². The Hall–Kier alpha value is -1.56. The molecule has 0 unspecified atom stereocenters. The van der Waals surface area contributed by atoms with Crippen LogP contribution < -0.4 is 5.32 Å². The van der Waals surface area contributed by atoms with E-state index in [4.69, 9.17) is 0 Å². The van der Waals surface area contributed by atoms with E-state index in [1.54, 1.807) is 0 Å². The van der Waals surface area contributed by atoms with Gasteiger partial charge in [-0.2, -0.15) is 13.2 Å². The third kappa shape index (κ3) is 4.46. The second-order valence-corrected chi connectivity index (χ2v) is 5.21. The van der Waals surface area contributed by atoms with E-state index in [0.29, 0.717) is 32.4 Å². The quantitative estimate of drug-likeness (QED) is 0.926. The van der Waals surface area contributed by atoms with Crippen LogP contribution in [-0.2, 0) is 11.2 Å². The van der Waals surface area contributed by atoms with Gasteiger partial charge in [0.25, 0.3) is 0 Å². The number of alkyl halides is 3. The first-order chi connectivity index (χ1) is 9.98. The van der Waals surface area contributed by atoms with Crippen LogP contribution in [0.1, 0.15) is 18.4 Å². The highest BCUT2D eigenvalue weighted by atomic mass is 19.4. The van der Waals surface area contributed by atoms with Crippen molar-refractivity contribution in [2.75, 3.05) is 19.6 Å². The smallest absolute Gasteiger partial charge is 0.331 e. The van der Waals surface area contributed by atoms with Gasteiger partial charge in [0.1, 0.15) is 0 Å². The van der Waals surface area contributed by atoms with E-state index in [-0.39, 0.29) is 12.6 Å². The highest BCUT2D eigenvalue weighted by Gasteiger charge is 2.44. The van der Waals surface area contributed by atoms with Gasteiger partial charge in [-0.05, 0) is 37.9 Å². The lowest BCUT2D eigenvalue weighted by Gasteiger charge is -2.35. The Balaban J connectivity index is 2.06. The van der Waals surface area contributed by atoms with Gasteiger partial charge in [0.15, 0.2) is 0 Å². The third-order valence-corrected chi connectivity index (χ3v) is 3.74. The van der Waals surface area contributed by atoms with Crippen molar-refractivity contribution < 1.29 is 18.0 Å². The van der Waals surface area contributed by atoms with Crippen LogP contribution in [0.4, 0.5) is 13.2 Å². The number of benzene rings is 1. The number of halogens is 3. The van der Waals surface area contributed by atoms with Crippen LogP contribution in [0.3, 0.4) is 0 Å². The Labute approximate surface area is 122 Å². The number of nitrogens with one attached hydrogen (secondary N) is 1. The van der Waals surface area contributed by atoms with Gasteiger partial charge in [0, 0.05) is 12.6 Å². The minimum absolute atomic E-state index is 0.104. The fourth-order valence-electron chi connectivity index (χ4n) is 2.63. The summed E-state index contributed by atoms with van der Waals surface area (Å²) in [6.07, 6.45) is -3.23. The first-order valence-electron chi connectivity index (χ1n) is 7.11. The average molecular weight is 300 g/mol. The van der Waals surface area contributed by atoms with Gasteiger partial charge < -0.3 is 10.2 Å². The van der Waals surface area contributed by atoms with E-state index in [9.17, 15) is 18.0 Å². The van der Waals surface area contributed by atoms with Crippen LogP contribution in [0.2, 0.25) is 0 Å². The van der Waals surface area contributed by atoms with Crippen molar-refractivity contribution in [3.05, 3.63) is 35.9 Å². The second-order valence-electron chi connectivity index (χ2n) is 5.21. The SMILES string of the molecule is O=C(N(CCc1ccccc1)C1CCNCC1)C(F)(F)F. The van der Waals surface area contributed by atoms with Crippen molar-refractivity contribution in [3.8, 4) is 0 Å². The molecule has 6 heteroatoms. The van der Waals surface area contributed by atoms with E-state index in [0.717, 1.165) is 10.5 Å². The molecular formula is C15H19F3N2O. The fourth-order valence-corrected chi connectivity index (χ4v) is 2.63. The number of nitrogens with zero attached hydrogens (tertiary/aromatic N) is 1. The summed E-state index contributed by atoms with van der Waals surface area (Å²) in [5.41, 5.74) is 0.936. The molecule has 1 saturated heterocycles. The van der Waals surface area contributed by atoms with Gasteiger partial charge in [0.2, 0.25) is 0 Å². The number of rotatable bonds is 4. The van der Waals surface area contributed by atoms with Crippen LogP contribution in [0.25, 0.3) is 0 Å². The molecule has 3 nitrogen and oxygen atoms in total. The number of carbonyl (C=O) groups excluding carboxylic acids is 1. The van der Waals surface area contributed by atoms with Gasteiger partial charge in [0.05, 0.1) is 0 Å². The lowest BCUT2D eigenvalue weighted by Crippen LogP contribution is -2.51. The Kier molecular flexibility index (Phi) is 5.22. The molecule has 1 fully saturated rings. The molecule has 2 rings (SSSR count). The van der Waals surface area contributed by atoms with Crippen molar-refractivity contribution in [2.45, 2.75) is 31.5 Å². The highest BCUT2D eigenvalue weighted by molar-refractivity contribution is 5.82. The van der Waals surface area contributed by atoms with Gasteiger partial charge in [-0.3, -0.25) is 4.79 Å². The molecule has 0 aromatic heterocycles. The molecule has 1 heterocycles. The third-order valence-electron chi connectivity index (χ3n) is 3.74. The van der Waals surface area contributed by atoms with Gasteiger partial charge in [-0.1, -0.05) is 30.3 Å². The maximum absolute atomic E-state index is 12.8. The topological polar surface area (TPSA) is 32.3 Å². The fraction of sp³-hybridized carbons (Fsp3) is 0.533. The van der Waals surface area contributed by atoms with Crippen LogP contribution in [0.15, 0.2) is 30.3 Å². The zero-order valence-corrected chi connectivity index (χ0v) is 11.7. The second kappa shape index (κ2) is 6.93. The molecule has 0 spiro atoms. The number of piperidine rings is 1. The van der Waals surface area contributed by atoms with Gasteiger partial charge >= 0.3 is 12.1 Å². The standard InChI is InChI=1S/C15H19F3N2O/c16-15(17,18)14(21)20(13-6-9-19-10-7-13)11-8-12-4-2-1-3-5-12/h1-5,13,19H,6-11H2. The number of amides is 1. The predicted molar refractivity (Wildman–Crippen MR) is 73.8 cm³/mol. The molecular weight excluding hydrogens is 281 g/mol. The summed E-state index contributed by atoms with van der Waals surface area (Å²) in [6, 6.07) is 8.93. The highest BCUT2D eigenvalue weighted by Crippen LogP contribution is 2.23. The van der Waals surface area contributed by atoms with Gasteiger partial charge in [-0.25, -0.2) is 0 Å². The molecule has 0 bridgehead atoms. The van der Waals surface area contributed by atoms with E-state index in [2.05, 4.69) is 5.32 Å². The Morgan fingerprint density at radius 3 is 2.38 bits per heavy atom. The maximum Gasteiger partial charge on any atom is 0.471 e. The summed E-state index contributed by atoms with van der Waals surface area (Å²) in [5, 5.41) is 3.10. The number of hydrogen-bond acceptors (Lipinski definition) is 2. The Morgan fingerprint density at radius 2 is 1.81 bits per heavy atom. The molecule has 116 valence electrons. The van der Waals surface area contributed by atoms with Crippen molar-refractivity contribution in [2.24, 2.45) is 0 Å². The summed E-state index contributed by atoms with van der Waals surface area (Å²) in [6.45, 7) is 1.41. The molecule has 1 aliphatic rings. The molecule has 1 aliphatic heterocycles. The predicted octanol–water partition coefficient (Wildman–Crippen LogP) is 2.37. The zero-order valence-electron chi connectivity index (χ0n) is 11.7. The Morgan fingerprint density at radius 1 is 1.19 bits per heavy atom. The molecule has 0 saturated carbocycles. The molecule has 1 aromatic carbocycles. The molecule has 0 radical (unpaired) electrons. The van der Waals surface area contributed by atoms with Crippen LogP contribution in [0, 0.1) is 0 Å². The molecule has 1 amide bonds. The monoisotopic (exact) mass is 300 g/mol. The van der Waals surface area contributed by atoms with E-state index in [1.807, 2.05) is 30.3 Å². The summed E-state index contributed by atoms with van der Waals surface area (Å²) < 4.78 is 38.3. The van der Waals surface area contributed by atoms with Crippen molar-refractivity contribution >= 4 is 5.91 Å². The summed E-state index contributed by atoms with van der Waals surface area (Å²) in [5.74, 6) is -1.72. The minimum atomic E-state index is -4.80. The summed E-state index contributed by atoms with van der Waals surface area (Å²) in [4.78, 5) is 12.7. The van der Waals surface area contributed by atoms with Crippen LogP contribution >= 0.6 is 0 Å². The molecule has 21 heavy (non-hydrogen) atoms. The normalized spacial score (nSPS) is 16.7. The number of carbonyl (C=O) groups is 1. The summed E-state index contributed by atoms with van der Waals surface area (Å²) >= 11 is 0. The number of hydrogen-bond donors (Lipinski definition) is 1. The lowest BCUT2D eigenvalue weighted by molar-refractivity contribution is -0.188. The summed E-state index contributed by atoms with van der Waals surface area (Å²) in [7, 11) is 0. The molecule has 1 N–H and O–H groups in total. The van der Waals surface area contributed by atoms with Crippen molar-refractivity contribution in [1.82, 2.24) is 10.2 Å². The lowest BCUT2D eigenvalue weighted by atomic mass is 10.0. The van der Waals surface area contributed by atoms with Crippen molar-refractivity contribution in [3.63, 3.8) is 0 Å². The largest absolute Gasteiger partial charge is 0.471 e. The average Bonchev–Trinajstić information content (AvgIpc) is 2.48. The Bertz CT molecular complexity index is 456. The van der Waals surface area contributed by atoms with E-state index >= 15 is 0 Å².